The van der Waals surface area contributed by atoms with Crippen LogP contribution in [0.1, 0.15) is 23.7 Å². The largest absolute Gasteiger partial charge is 0.378 e. The second-order valence-electron chi connectivity index (χ2n) is 7.21. The van der Waals surface area contributed by atoms with E-state index in [-0.39, 0.29) is 18.2 Å². The molecule has 1 aliphatic rings. The van der Waals surface area contributed by atoms with Crippen molar-refractivity contribution in [1.82, 2.24) is 15.1 Å². The molecule has 1 aliphatic heterocycles. The molecule has 2 N–H and O–H groups in total. The van der Waals surface area contributed by atoms with E-state index >= 15 is 0 Å². The molecule has 7 heteroatoms. The van der Waals surface area contributed by atoms with Gasteiger partial charge >= 0.3 is 0 Å². The van der Waals surface area contributed by atoms with Crippen molar-refractivity contribution in [2.24, 2.45) is 0 Å². The maximum atomic E-state index is 12.6. The highest BCUT2D eigenvalue weighted by atomic mass is 16.5. The minimum atomic E-state index is -0.676. The van der Waals surface area contributed by atoms with E-state index in [0.29, 0.717) is 19.0 Å². The van der Waals surface area contributed by atoms with E-state index in [4.69, 9.17) is 4.74 Å². The number of hydrogen-bond donors (Lipinski definition) is 2. The first-order valence-corrected chi connectivity index (χ1v) is 9.94. The van der Waals surface area contributed by atoms with E-state index < -0.39 is 6.04 Å². The molecule has 1 unspecified atom stereocenters. The van der Waals surface area contributed by atoms with Gasteiger partial charge in [0.15, 0.2) is 0 Å². The van der Waals surface area contributed by atoms with Gasteiger partial charge < -0.3 is 15.4 Å². The molecular weight excluding hydrogens is 380 g/mol. The summed E-state index contributed by atoms with van der Waals surface area (Å²) in [5.74, 6) is 0.209. The summed E-state index contributed by atoms with van der Waals surface area (Å²) in [6.07, 6.45) is 0.780. The highest BCUT2D eigenvalue weighted by Crippen LogP contribution is 2.38. The number of amides is 2. The third-order valence-electron chi connectivity index (χ3n) is 5.12. The van der Waals surface area contributed by atoms with Gasteiger partial charge in [-0.1, -0.05) is 60.7 Å². The lowest BCUT2D eigenvalue weighted by Crippen LogP contribution is -2.30. The summed E-state index contributed by atoms with van der Waals surface area (Å²) in [5, 5.41) is 10.4. The van der Waals surface area contributed by atoms with Crippen molar-refractivity contribution in [2.75, 3.05) is 19.0 Å². The fourth-order valence-corrected chi connectivity index (χ4v) is 3.70. The summed E-state index contributed by atoms with van der Waals surface area (Å²) >= 11 is 0. The van der Waals surface area contributed by atoms with E-state index in [9.17, 15) is 9.59 Å². The van der Waals surface area contributed by atoms with Gasteiger partial charge in [0.1, 0.15) is 11.9 Å². The van der Waals surface area contributed by atoms with Gasteiger partial charge in [-0.05, 0) is 17.5 Å². The van der Waals surface area contributed by atoms with E-state index in [1.165, 1.54) is 0 Å². The van der Waals surface area contributed by atoms with Crippen LogP contribution in [0.2, 0.25) is 0 Å². The average molecular weight is 404 g/mol. The number of nitrogens with one attached hydrogen (secondary N) is 2. The highest BCUT2D eigenvalue weighted by Gasteiger charge is 2.36. The Hall–Kier alpha value is -3.45. The van der Waals surface area contributed by atoms with Gasteiger partial charge in [0.25, 0.3) is 5.91 Å². The Bertz CT molecular complexity index is 1030. The maximum Gasteiger partial charge on any atom is 0.251 e. The number of carbonyl (C=O) groups is 2. The van der Waals surface area contributed by atoms with Gasteiger partial charge in [0, 0.05) is 19.2 Å². The summed E-state index contributed by atoms with van der Waals surface area (Å²) in [5.41, 5.74) is 3.66. The molecule has 2 aromatic carbocycles. The Morgan fingerprint density at radius 1 is 1.13 bits per heavy atom. The summed E-state index contributed by atoms with van der Waals surface area (Å²) in [6.45, 7) is 0.837. The van der Waals surface area contributed by atoms with E-state index in [2.05, 4.69) is 15.7 Å². The average Bonchev–Trinajstić information content (AvgIpc) is 3.25. The predicted molar refractivity (Wildman–Crippen MR) is 114 cm³/mol. The molecule has 2 heterocycles. The smallest absolute Gasteiger partial charge is 0.251 e. The minimum absolute atomic E-state index is 0.0377. The van der Waals surface area contributed by atoms with Gasteiger partial charge in [-0.3, -0.25) is 9.59 Å². The predicted octanol–water partition coefficient (Wildman–Crippen LogP) is 2.94. The summed E-state index contributed by atoms with van der Waals surface area (Å²) in [4.78, 5) is 25.1. The number of carbonyl (C=O) groups excluding carboxylic acids is 2. The van der Waals surface area contributed by atoms with E-state index in [0.717, 1.165) is 28.8 Å². The Morgan fingerprint density at radius 2 is 1.83 bits per heavy atom. The number of hydrogen-bond acceptors (Lipinski definition) is 4. The van der Waals surface area contributed by atoms with Crippen LogP contribution in [0.15, 0.2) is 60.7 Å². The minimum Gasteiger partial charge on any atom is -0.378 e. The van der Waals surface area contributed by atoms with Crippen LogP contribution in [0.4, 0.5) is 5.82 Å². The zero-order chi connectivity index (χ0) is 20.9. The third kappa shape index (κ3) is 4.11. The monoisotopic (exact) mass is 404 g/mol. The lowest BCUT2D eigenvalue weighted by molar-refractivity contribution is -0.126. The Balaban J connectivity index is 1.49. The van der Waals surface area contributed by atoms with Crippen molar-refractivity contribution < 1.29 is 14.3 Å². The first-order valence-electron chi connectivity index (χ1n) is 9.94. The van der Waals surface area contributed by atoms with Crippen LogP contribution in [-0.2, 0) is 27.4 Å². The first-order chi connectivity index (χ1) is 14.7. The van der Waals surface area contributed by atoms with Crippen molar-refractivity contribution in [3.8, 4) is 11.1 Å². The van der Waals surface area contributed by atoms with Crippen molar-refractivity contribution in [3.05, 3.63) is 71.9 Å². The summed E-state index contributed by atoms with van der Waals surface area (Å²) < 4.78 is 6.92. The fourth-order valence-electron chi connectivity index (χ4n) is 3.70. The number of ether oxygens (including phenoxy) is 1. The second-order valence-corrected chi connectivity index (χ2v) is 7.21. The Kier molecular flexibility index (Phi) is 5.90. The second kappa shape index (κ2) is 8.92. The zero-order valence-electron chi connectivity index (χ0n) is 16.8. The molecule has 0 fully saturated rings. The van der Waals surface area contributed by atoms with Crippen LogP contribution in [0, 0.1) is 0 Å². The van der Waals surface area contributed by atoms with Gasteiger partial charge in [-0.15, -0.1) is 0 Å². The molecule has 30 heavy (non-hydrogen) atoms. The molecule has 2 amide bonds. The zero-order valence-corrected chi connectivity index (χ0v) is 16.8. The van der Waals surface area contributed by atoms with E-state index in [1.807, 2.05) is 60.7 Å². The SMILES string of the molecule is COCc1nn2c(c1-c1ccccc1)NC(=O)C2CC(=O)NCCc1ccccc1. The maximum absolute atomic E-state index is 12.6. The molecule has 1 atom stereocenters. The number of nitrogens with zero attached hydrogens (tertiary/aromatic N) is 2. The van der Waals surface area contributed by atoms with Crippen LogP contribution in [0.3, 0.4) is 0 Å². The molecule has 0 bridgehead atoms. The first kappa shape index (κ1) is 19.8. The van der Waals surface area contributed by atoms with Crippen LogP contribution < -0.4 is 10.6 Å². The molecule has 7 nitrogen and oxygen atoms in total. The lowest BCUT2D eigenvalue weighted by atomic mass is 10.1. The Morgan fingerprint density at radius 3 is 2.53 bits per heavy atom. The van der Waals surface area contributed by atoms with Gasteiger partial charge in [-0.25, -0.2) is 4.68 Å². The van der Waals surface area contributed by atoms with Crippen LogP contribution in [0.5, 0.6) is 0 Å². The fraction of sp³-hybridized carbons (Fsp3) is 0.261. The van der Waals surface area contributed by atoms with Crippen LogP contribution in [-0.4, -0.2) is 35.2 Å². The van der Waals surface area contributed by atoms with Crippen molar-refractivity contribution in [1.29, 1.82) is 0 Å². The third-order valence-corrected chi connectivity index (χ3v) is 5.12. The number of benzene rings is 2. The summed E-state index contributed by atoms with van der Waals surface area (Å²) in [6, 6.07) is 19.0. The van der Waals surface area contributed by atoms with Gasteiger partial charge in [0.05, 0.1) is 18.7 Å². The van der Waals surface area contributed by atoms with Crippen LogP contribution in [0.25, 0.3) is 11.1 Å². The normalized spacial score (nSPS) is 15.0. The van der Waals surface area contributed by atoms with Gasteiger partial charge in [0.2, 0.25) is 5.91 Å². The molecule has 1 aromatic heterocycles. The van der Waals surface area contributed by atoms with Crippen LogP contribution >= 0.6 is 0 Å². The van der Waals surface area contributed by atoms with Crippen molar-refractivity contribution in [3.63, 3.8) is 0 Å². The molecule has 0 saturated carbocycles. The molecular formula is C23H24N4O3. The molecule has 3 aromatic rings. The highest BCUT2D eigenvalue weighted by molar-refractivity contribution is 6.03. The lowest BCUT2D eigenvalue weighted by Gasteiger charge is -2.10. The number of fused-ring (bicyclic) bond motifs is 1. The number of anilines is 1. The van der Waals surface area contributed by atoms with Gasteiger partial charge in [-0.2, -0.15) is 5.10 Å². The number of rotatable bonds is 8. The molecule has 0 spiro atoms. The standard InChI is InChI=1S/C23H24N4O3/c1-30-15-18-21(17-10-6-3-7-11-17)22-25-23(29)19(27(22)26-18)14-20(28)24-13-12-16-8-4-2-5-9-16/h2-11,19H,12-15H2,1H3,(H,24,28)(H,25,29). The Labute approximate surface area is 175 Å². The quantitative estimate of drug-likeness (QED) is 0.605. The number of aromatic nitrogens is 2. The van der Waals surface area contributed by atoms with Crippen molar-refractivity contribution in [2.45, 2.75) is 25.5 Å². The van der Waals surface area contributed by atoms with Crippen molar-refractivity contribution >= 4 is 17.6 Å². The van der Waals surface area contributed by atoms with E-state index in [1.54, 1.807) is 11.8 Å². The number of methoxy groups -OCH3 is 1. The molecule has 4 rings (SSSR count). The molecule has 0 radical (unpaired) electrons. The molecule has 0 aliphatic carbocycles. The summed E-state index contributed by atoms with van der Waals surface area (Å²) in [7, 11) is 1.61. The molecule has 154 valence electrons. The molecule has 0 saturated heterocycles. The topological polar surface area (TPSA) is 85.2 Å².